The first-order valence-electron chi connectivity index (χ1n) is 4.62. The van der Waals surface area contributed by atoms with Crippen molar-refractivity contribution in [3.63, 3.8) is 0 Å². The molecule has 1 saturated carbocycles. The average molecular weight is 171 g/mol. The van der Waals surface area contributed by atoms with E-state index in [1.807, 2.05) is 13.8 Å². The van der Waals surface area contributed by atoms with Crippen LogP contribution in [0.25, 0.3) is 0 Å². The Bertz CT molecular complexity index is 184. The van der Waals surface area contributed by atoms with Gasteiger partial charge in [0.1, 0.15) is 5.67 Å². The van der Waals surface area contributed by atoms with E-state index in [9.17, 15) is 4.39 Å². The normalized spacial score (nSPS) is 36.2. The third-order valence-corrected chi connectivity index (χ3v) is 2.32. The summed E-state index contributed by atoms with van der Waals surface area (Å²) in [5, 5.41) is 0. The van der Waals surface area contributed by atoms with Crippen molar-refractivity contribution >= 4 is 0 Å². The van der Waals surface area contributed by atoms with E-state index in [4.69, 9.17) is 5.73 Å². The second-order valence-corrected chi connectivity index (χ2v) is 4.11. The van der Waals surface area contributed by atoms with Crippen LogP contribution in [0.15, 0.2) is 11.6 Å². The van der Waals surface area contributed by atoms with Gasteiger partial charge in [-0.15, -0.1) is 0 Å². The Kier molecular flexibility index (Phi) is 2.89. The highest BCUT2D eigenvalue weighted by molar-refractivity contribution is 5.09. The van der Waals surface area contributed by atoms with Gasteiger partial charge < -0.3 is 5.73 Å². The first kappa shape index (κ1) is 9.72. The molecule has 1 rings (SSSR count). The summed E-state index contributed by atoms with van der Waals surface area (Å²) in [5.41, 5.74) is 5.65. The van der Waals surface area contributed by atoms with Crippen molar-refractivity contribution in [2.45, 2.75) is 51.2 Å². The fraction of sp³-hybridized carbons (Fsp3) is 0.800. The van der Waals surface area contributed by atoms with Crippen LogP contribution in [0.3, 0.4) is 0 Å². The molecule has 0 aromatic rings. The molecule has 0 aliphatic heterocycles. The van der Waals surface area contributed by atoms with Crippen molar-refractivity contribution in [2.75, 3.05) is 0 Å². The zero-order valence-electron chi connectivity index (χ0n) is 7.94. The minimum absolute atomic E-state index is 0.0550. The van der Waals surface area contributed by atoms with E-state index in [0.29, 0.717) is 12.8 Å². The summed E-state index contributed by atoms with van der Waals surface area (Å²) in [4.78, 5) is 0. The topological polar surface area (TPSA) is 26.0 Å². The molecule has 0 saturated heterocycles. The minimum atomic E-state index is -1.11. The number of nitrogens with two attached hydrogens (primary N) is 1. The molecule has 0 spiro atoms. The summed E-state index contributed by atoms with van der Waals surface area (Å²) in [7, 11) is 0. The number of hydrogen-bond donors (Lipinski definition) is 1. The number of allylic oxidation sites excluding steroid dienone is 2. The van der Waals surface area contributed by atoms with Gasteiger partial charge >= 0.3 is 0 Å². The Balaban J connectivity index is 2.63. The van der Waals surface area contributed by atoms with Crippen LogP contribution < -0.4 is 5.73 Å². The molecule has 2 atom stereocenters. The van der Waals surface area contributed by atoms with Gasteiger partial charge in [-0.2, -0.15) is 0 Å². The summed E-state index contributed by atoms with van der Waals surface area (Å²) in [6.07, 6.45) is 4.76. The highest BCUT2D eigenvalue weighted by Crippen LogP contribution is 2.33. The quantitative estimate of drug-likeness (QED) is 0.603. The Morgan fingerprint density at radius 2 is 2.25 bits per heavy atom. The number of halogens is 1. The molecule has 1 nitrogen and oxygen atoms in total. The van der Waals surface area contributed by atoms with Crippen molar-refractivity contribution in [2.24, 2.45) is 5.73 Å². The summed E-state index contributed by atoms with van der Waals surface area (Å²) < 4.78 is 13.9. The molecule has 0 bridgehead atoms. The van der Waals surface area contributed by atoms with Gasteiger partial charge in [-0.25, -0.2) is 4.39 Å². The SMILES string of the molecule is CC(C)=CC1(F)CCCC(N)C1. The van der Waals surface area contributed by atoms with Crippen molar-refractivity contribution < 1.29 is 4.39 Å². The van der Waals surface area contributed by atoms with Crippen LogP contribution >= 0.6 is 0 Å². The molecule has 0 aromatic carbocycles. The minimum Gasteiger partial charge on any atom is -0.328 e. The van der Waals surface area contributed by atoms with Crippen LogP contribution in [0.4, 0.5) is 4.39 Å². The third kappa shape index (κ3) is 2.59. The Labute approximate surface area is 73.8 Å². The average Bonchev–Trinajstić information content (AvgIpc) is 1.82. The molecule has 2 N–H and O–H groups in total. The standard InChI is InChI=1S/C10H18FN/c1-8(2)6-10(11)5-3-4-9(12)7-10/h6,9H,3-5,7,12H2,1-2H3. The lowest BCUT2D eigenvalue weighted by molar-refractivity contribution is 0.149. The highest BCUT2D eigenvalue weighted by atomic mass is 19.1. The van der Waals surface area contributed by atoms with E-state index in [1.165, 1.54) is 0 Å². The molecule has 0 heterocycles. The third-order valence-electron chi connectivity index (χ3n) is 2.32. The molecule has 0 radical (unpaired) electrons. The van der Waals surface area contributed by atoms with Crippen LogP contribution in [-0.4, -0.2) is 11.7 Å². The van der Waals surface area contributed by atoms with Gasteiger partial charge in [0.2, 0.25) is 0 Å². The van der Waals surface area contributed by atoms with Gasteiger partial charge in [0.15, 0.2) is 0 Å². The van der Waals surface area contributed by atoms with E-state index in [2.05, 4.69) is 0 Å². The first-order valence-corrected chi connectivity index (χ1v) is 4.62. The highest BCUT2D eigenvalue weighted by Gasteiger charge is 2.32. The number of rotatable bonds is 1. The maximum Gasteiger partial charge on any atom is 0.130 e. The number of hydrogen-bond acceptors (Lipinski definition) is 1. The Morgan fingerprint density at radius 1 is 1.58 bits per heavy atom. The molecule has 0 amide bonds. The van der Waals surface area contributed by atoms with Crippen LogP contribution in [0, 0.1) is 0 Å². The van der Waals surface area contributed by atoms with Gasteiger partial charge in [0.25, 0.3) is 0 Å². The van der Waals surface area contributed by atoms with E-state index in [-0.39, 0.29) is 6.04 Å². The van der Waals surface area contributed by atoms with Gasteiger partial charge in [0.05, 0.1) is 0 Å². The van der Waals surface area contributed by atoms with Crippen LogP contribution in [0.2, 0.25) is 0 Å². The van der Waals surface area contributed by atoms with Gasteiger partial charge in [-0.3, -0.25) is 0 Å². The lowest BCUT2D eigenvalue weighted by Gasteiger charge is -2.30. The zero-order chi connectivity index (χ0) is 9.19. The van der Waals surface area contributed by atoms with E-state index >= 15 is 0 Å². The summed E-state index contributed by atoms with van der Waals surface area (Å²) >= 11 is 0. The molecule has 2 unspecified atom stereocenters. The smallest absolute Gasteiger partial charge is 0.130 e. The Hall–Kier alpha value is -0.370. The lowest BCUT2D eigenvalue weighted by atomic mass is 9.82. The van der Waals surface area contributed by atoms with Crippen LogP contribution in [0.1, 0.15) is 39.5 Å². The van der Waals surface area contributed by atoms with Crippen molar-refractivity contribution in [1.82, 2.24) is 0 Å². The molecule has 1 fully saturated rings. The molecule has 1 aliphatic rings. The maximum absolute atomic E-state index is 13.9. The largest absolute Gasteiger partial charge is 0.328 e. The van der Waals surface area contributed by atoms with Crippen molar-refractivity contribution in [3.8, 4) is 0 Å². The fourth-order valence-corrected chi connectivity index (χ4v) is 1.95. The van der Waals surface area contributed by atoms with Crippen molar-refractivity contribution in [1.29, 1.82) is 0 Å². The molecular formula is C10H18FN. The van der Waals surface area contributed by atoms with Crippen molar-refractivity contribution in [3.05, 3.63) is 11.6 Å². The second kappa shape index (κ2) is 3.56. The predicted molar refractivity (Wildman–Crippen MR) is 49.7 cm³/mol. The van der Waals surface area contributed by atoms with Gasteiger partial charge in [-0.05, 0) is 39.2 Å². The van der Waals surface area contributed by atoms with Crippen LogP contribution in [0.5, 0.6) is 0 Å². The second-order valence-electron chi connectivity index (χ2n) is 4.11. The van der Waals surface area contributed by atoms with Gasteiger partial charge in [-0.1, -0.05) is 5.57 Å². The molecular weight excluding hydrogens is 153 g/mol. The molecule has 12 heavy (non-hydrogen) atoms. The molecule has 1 aliphatic carbocycles. The number of alkyl halides is 1. The van der Waals surface area contributed by atoms with Gasteiger partial charge in [0, 0.05) is 12.5 Å². The molecule has 2 heteroatoms. The monoisotopic (exact) mass is 171 g/mol. The van der Waals surface area contributed by atoms with E-state index in [1.54, 1.807) is 6.08 Å². The summed E-state index contributed by atoms with van der Waals surface area (Å²) in [6.45, 7) is 3.86. The summed E-state index contributed by atoms with van der Waals surface area (Å²) in [5.74, 6) is 0. The van der Waals surface area contributed by atoms with E-state index in [0.717, 1.165) is 18.4 Å². The zero-order valence-corrected chi connectivity index (χ0v) is 7.94. The summed E-state index contributed by atoms with van der Waals surface area (Å²) in [6, 6.07) is 0.0550. The first-order chi connectivity index (χ1) is 5.52. The van der Waals surface area contributed by atoms with E-state index < -0.39 is 5.67 Å². The molecule has 0 aromatic heterocycles. The fourth-order valence-electron chi connectivity index (χ4n) is 1.95. The predicted octanol–water partition coefficient (Wildman–Crippen LogP) is 2.56. The lowest BCUT2D eigenvalue weighted by Crippen LogP contribution is -2.36. The maximum atomic E-state index is 13.9. The Morgan fingerprint density at radius 3 is 2.75 bits per heavy atom. The molecule has 70 valence electrons. The van der Waals surface area contributed by atoms with Crippen LogP contribution in [-0.2, 0) is 0 Å².